The number of carbonyl (C=O) groups is 2. The molecule has 0 heterocycles. The number of benzene rings is 1. The number of nitrogens with zero attached hydrogens (tertiary/aromatic N) is 1. The maximum Gasteiger partial charge on any atom is 0.332 e. The first-order valence-electron chi connectivity index (χ1n) is 13.1. The summed E-state index contributed by atoms with van der Waals surface area (Å²) in [6.07, 6.45) is 14.0. The molecule has 1 aromatic rings. The summed E-state index contributed by atoms with van der Waals surface area (Å²) in [4.78, 5) is 23.7. The van der Waals surface area contributed by atoms with E-state index in [4.69, 9.17) is 10.5 Å². The predicted octanol–water partition coefficient (Wildman–Crippen LogP) is 5.60. The molecule has 6 heteroatoms. The van der Waals surface area contributed by atoms with Crippen LogP contribution in [0.5, 0.6) is 0 Å². The molecule has 1 aromatic carbocycles. The van der Waals surface area contributed by atoms with Crippen molar-refractivity contribution in [2.45, 2.75) is 71.3 Å². The fourth-order valence-electron chi connectivity index (χ4n) is 7.76. The Morgan fingerprint density at radius 1 is 1.09 bits per heavy atom. The van der Waals surface area contributed by atoms with E-state index in [1.807, 2.05) is 36.4 Å². The van der Waals surface area contributed by atoms with Gasteiger partial charge in [0.15, 0.2) is 0 Å². The van der Waals surface area contributed by atoms with Crippen LogP contribution in [-0.4, -0.2) is 23.8 Å². The van der Waals surface area contributed by atoms with Crippen LogP contribution in [0.1, 0.15) is 70.8 Å². The zero-order valence-electron chi connectivity index (χ0n) is 20.8. The van der Waals surface area contributed by atoms with Gasteiger partial charge in [-0.1, -0.05) is 55.8 Å². The Balaban J connectivity index is 1.26. The summed E-state index contributed by atoms with van der Waals surface area (Å²) in [5.74, 6) is 1.62. The highest BCUT2D eigenvalue weighted by atomic mass is 16.5. The second-order valence-corrected chi connectivity index (χ2v) is 11.3. The van der Waals surface area contributed by atoms with Crippen molar-refractivity contribution < 1.29 is 14.3 Å². The Hall–Kier alpha value is -2.89. The molecule has 0 spiro atoms. The summed E-state index contributed by atoms with van der Waals surface area (Å²) >= 11 is 0. The maximum atomic E-state index is 12.5. The molecule has 5 rings (SSSR count). The first-order valence-corrected chi connectivity index (χ1v) is 13.1. The Bertz CT molecular complexity index is 1080. The largest absolute Gasteiger partial charge is 0.459 e. The molecule has 4 aliphatic carbocycles. The quantitative estimate of drug-likeness (QED) is 0.257. The van der Waals surface area contributed by atoms with Gasteiger partial charge in [-0.25, -0.2) is 15.0 Å². The molecule has 0 aromatic heterocycles. The number of fused-ring (bicyclic) bond motifs is 5. The lowest BCUT2D eigenvalue weighted by atomic mass is 9.48. The molecule has 0 saturated heterocycles. The number of primary amides is 1. The van der Waals surface area contributed by atoms with Gasteiger partial charge in [0.1, 0.15) is 6.10 Å². The topological polar surface area (TPSA) is 93.8 Å². The van der Waals surface area contributed by atoms with E-state index in [0.29, 0.717) is 17.8 Å². The number of hydrazone groups is 1. The molecular formula is C29H37N3O3. The highest BCUT2D eigenvalue weighted by Crippen LogP contribution is 2.64. The first-order chi connectivity index (χ1) is 16.8. The molecule has 0 aliphatic heterocycles. The Morgan fingerprint density at radius 3 is 2.60 bits per heavy atom. The molecule has 6 atom stereocenters. The smallest absolute Gasteiger partial charge is 0.332 e. The molecule has 4 aliphatic rings. The zero-order chi connectivity index (χ0) is 24.6. The van der Waals surface area contributed by atoms with Gasteiger partial charge in [0, 0.05) is 23.6 Å². The van der Waals surface area contributed by atoms with Crippen molar-refractivity contribution in [3.63, 3.8) is 0 Å². The molecule has 35 heavy (non-hydrogen) atoms. The summed E-state index contributed by atoms with van der Waals surface area (Å²) in [6, 6.07) is 9.24. The summed E-state index contributed by atoms with van der Waals surface area (Å²) in [6.45, 7) is 4.79. The van der Waals surface area contributed by atoms with Gasteiger partial charge in [0.25, 0.3) is 0 Å². The highest BCUT2D eigenvalue weighted by Gasteiger charge is 2.58. The second kappa shape index (κ2) is 9.29. The van der Waals surface area contributed by atoms with E-state index in [9.17, 15) is 9.59 Å². The first kappa shape index (κ1) is 23.8. The number of rotatable bonds is 4. The van der Waals surface area contributed by atoms with E-state index >= 15 is 0 Å². The van der Waals surface area contributed by atoms with E-state index in [0.717, 1.165) is 56.2 Å². The third-order valence-corrected chi connectivity index (χ3v) is 9.60. The van der Waals surface area contributed by atoms with Gasteiger partial charge >= 0.3 is 12.0 Å². The molecule has 3 N–H and O–H groups in total. The van der Waals surface area contributed by atoms with E-state index in [2.05, 4.69) is 30.5 Å². The minimum Gasteiger partial charge on any atom is -0.459 e. The zero-order valence-corrected chi connectivity index (χ0v) is 20.8. The second-order valence-electron chi connectivity index (χ2n) is 11.3. The van der Waals surface area contributed by atoms with Crippen LogP contribution >= 0.6 is 0 Å². The summed E-state index contributed by atoms with van der Waals surface area (Å²) in [7, 11) is 0. The third-order valence-electron chi connectivity index (χ3n) is 9.60. The highest BCUT2D eigenvalue weighted by molar-refractivity contribution is 5.93. The van der Waals surface area contributed by atoms with E-state index in [1.165, 1.54) is 12.0 Å². The van der Waals surface area contributed by atoms with Crippen molar-refractivity contribution in [1.82, 2.24) is 5.43 Å². The van der Waals surface area contributed by atoms with Gasteiger partial charge < -0.3 is 10.5 Å². The van der Waals surface area contributed by atoms with Crippen LogP contribution < -0.4 is 11.2 Å². The summed E-state index contributed by atoms with van der Waals surface area (Å²) in [5, 5.41) is 4.41. The fraction of sp³-hybridized carbons (Fsp3) is 0.552. The normalized spacial score (nSPS) is 37.2. The number of carbonyl (C=O) groups excluding carboxylic acids is 2. The average molecular weight is 476 g/mol. The monoisotopic (exact) mass is 475 g/mol. The van der Waals surface area contributed by atoms with E-state index in [-0.39, 0.29) is 22.9 Å². The molecule has 6 nitrogen and oxygen atoms in total. The molecule has 3 fully saturated rings. The van der Waals surface area contributed by atoms with Crippen LogP contribution in [-0.2, 0) is 9.53 Å². The van der Waals surface area contributed by atoms with Crippen molar-refractivity contribution in [3.05, 3.63) is 53.6 Å². The summed E-state index contributed by atoms with van der Waals surface area (Å²) < 4.78 is 5.86. The molecule has 3 saturated carbocycles. The van der Waals surface area contributed by atoms with Crippen molar-refractivity contribution in [2.24, 2.45) is 39.4 Å². The Labute approximate surface area is 208 Å². The van der Waals surface area contributed by atoms with Crippen LogP contribution in [0.2, 0.25) is 0 Å². The van der Waals surface area contributed by atoms with Crippen LogP contribution in [0, 0.1) is 28.6 Å². The molecular weight excluding hydrogens is 438 g/mol. The molecule has 186 valence electrons. The number of nitrogens with two attached hydrogens (primary N) is 1. The van der Waals surface area contributed by atoms with Crippen molar-refractivity contribution in [1.29, 1.82) is 0 Å². The lowest BCUT2D eigenvalue weighted by molar-refractivity contribution is -0.145. The molecule has 4 unspecified atom stereocenters. The lowest BCUT2D eigenvalue weighted by Gasteiger charge is -2.57. The number of nitrogens with one attached hydrogen (secondary N) is 1. The van der Waals surface area contributed by atoms with Crippen molar-refractivity contribution in [3.8, 4) is 0 Å². The van der Waals surface area contributed by atoms with Gasteiger partial charge in [0.2, 0.25) is 0 Å². The standard InChI is InChI=1S/C29H37N3O3/c1-28-16-14-21(35-26(33)13-8-19-6-4-3-5-7-19)18-20(28)9-10-22-23-11-12-25(31-32-27(30)34)29(23,2)17-15-24(22)28/h3-9,13,21-24H,10-12,14-18H2,1-2H3,(H3,30,32,34)/b13-8+,31-25-/t21?,22?,23?,24?,28-,29-/m0/s1. The van der Waals surface area contributed by atoms with Gasteiger partial charge in [-0.15, -0.1) is 0 Å². The minimum absolute atomic E-state index is 0.0438. The van der Waals surface area contributed by atoms with Crippen LogP contribution in [0.4, 0.5) is 4.79 Å². The number of urea groups is 1. The van der Waals surface area contributed by atoms with Gasteiger partial charge in [-0.05, 0) is 79.8 Å². The predicted molar refractivity (Wildman–Crippen MR) is 137 cm³/mol. The SMILES string of the molecule is C[C@]12CCC(OC(=O)/C=C/c3ccccc3)CC1=CCC1C2CC[C@]2(C)/C(=N\NC(N)=O)CCC12. The van der Waals surface area contributed by atoms with Gasteiger partial charge in [0.05, 0.1) is 0 Å². The van der Waals surface area contributed by atoms with E-state index < -0.39 is 6.03 Å². The molecule has 2 amide bonds. The average Bonchev–Trinajstić information content (AvgIpc) is 3.18. The van der Waals surface area contributed by atoms with Gasteiger partial charge in [-0.3, -0.25) is 0 Å². The minimum atomic E-state index is -0.594. The molecule has 0 radical (unpaired) electrons. The molecule has 0 bridgehead atoms. The third kappa shape index (κ3) is 4.43. The number of esters is 1. The number of hydrogen-bond acceptors (Lipinski definition) is 4. The van der Waals surface area contributed by atoms with Crippen LogP contribution in [0.25, 0.3) is 6.08 Å². The maximum absolute atomic E-state index is 12.5. The summed E-state index contributed by atoms with van der Waals surface area (Å²) in [5.41, 5.74) is 11.6. The van der Waals surface area contributed by atoms with Crippen molar-refractivity contribution in [2.75, 3.05) is 0 Å². The number of hydrogen-bond donors (Lipinski definition) is 2. The van der Waals surface area contributed by atoms with Crippen LogP contribution in [0.15, 0.2) is 53.2 Å². The Morgan fingerprint density at radius 2 is 1.83 bits per heavy atom. The van der Waals surface area contributed by atoms with Crippen LogP contribution in [0.3, 0.4) is 0 Å². The lowest BCUT2D eigenvalue weighted by Crippen LogP contribution is -2.50. The number of ether oxygens (including phenoxy) is 1. The number of amides is 2. The fourth-order valence-corrected chi connectivity index (χ4v) is 7.76. The number of allylic oxidation sites excluding steroid dienone is 1. The van der Waals surface area contributed by atoms with Gasteiger partial charge in [-0.2, -0.15) is 5.10 Å². The van der Waals surface area contributed by atoms with Crippen molar-refractivity contribution >= 4 is 23.8 Å². The Kier molecular flexibility index (Phi) is 6.32. The van der Waals surface area contributed by atoms with E-state index in [1.54, 1.807) is 6.08 Å².